The van der Waals surface area contributed by atoms with Crippen LogP contribution in [0, 0.1) is 0 Å². The molecule has 1 fully saturated rings. The molecule has 1 heterocycles. The Morgan fingerprint density at radius 3 is 1.97 bits per heavy atom. The van der Waals surface area contributed by atoms with E-state index in [0.717, 1.165) is 34.8 Å². The second-order valence-corrected chi connectivity index (χ2v) is 10.6. The fourth-order valence-corrected chi connectivity index (χ4v) is 4.25. The molecule has 15 nitrogen and oxygen atoms in total. The zero-order valence-corrected chi connectivity index (χ0v) is 24.4. The second kappa shape index (κ2) is 13.9. The van der Waals surface area contributed by atoms with Crippen molar-refractivity contribution in [3.63, 3.8) is 0 Å². The Bertz CT molecular complexity index is 950. The molecule has 0 saturated carbocycles. The molecule has 1 saturated heterocycles. The fraction of sp³-hybridized carbons (Fsp3) is 0.739. The fourth-order valence-electron chi connectivity index (χ4n) is 3.61. The number of halogens is 1. The molecule has 0 aliphatic carbocycles. The normalized spacial score (nSPS) is 26.2. The molecule has 1 aliphatic heterocycles. The van der Waals surface area contributed by atoms with E-state index in [4.69, 9.17) is 33.2 Å². The maximum Gasteiger partial charge on any atom is 0.408 e. The van der Waals surface area contributed by atoms with Crippen LogP contribution in [0.2, 0.25) is 0 Å². The minimum Gasteiger partial charge on any atom is -0.466 e. The van der Waals surface area contributed by atoms with Gasteiger partial charge in [-0.15, -0.1) is 0 Å². The Morgan fingerprint density at radius 2 is 1.54 bits per heavy atom. The zero-order valence-electron chi connectivity index (χ0n) is 22.8. The minimum atomic E-state index is -2.45. The molecule has 1 amide bonds. The van der Waals surface area contributed by atoms with Gasteiger partial charge in [0.15, 0.2) is 18.3 Å². The van der Waals surface area contributed by atoms with Crippen molar-refractivity contribution in [3.8, 4) is 0 Å². The monoisotopic (exact) mass is 627 g/mol. The van der Waals surface area contributed by atoms with Crippen LogP contribution < -0.4 is 5.32 Å². The highest BCUT2D eigenvalue weighted by molar-refractivity contribution is 9.10. The number of hydrogen-bond acceptors (Lipinski definition) is 14. The molecule has 0 aromatic rings. The van der Waals surface area contributed by atoms with Crippen molar-refractivity contribution in [1.29, 1.82) is 0 Å². The third-order valence-corrected chi connectivity index (χ3v) is 5.90. The van der Waals surface area contributed by atoms with E-state index in [2.05, 4.69) is 21.2 Å². The van der Waals surface area contributed by atoms with Gasteiger partial charge in [0.1, 0.15) is 30.5 Å². The average molecular weight is 628 g/mol. The predicted octanol–water partition coefficient (Wildman–Crippen LogP) is 0.262. The lowest BCUT2D eigenvalue weighted by molar-refractivity contribution is -0.247. The summed E-state index contributed by atoms with van der Waals surface area (Å²) >= 11 is 2.98. The lowest BCUT2D eigenvalue weighted by Crippen LogP contribution is -2.73. The van der Waals surface area contributed by atoms with Crippen LogP contribution >= 0.6 is 15.9 Å². The van der Waals surface area contributed by atoms with Gasteiger partial charge in [0, 0.05) is 27.7 Å². The number of carbonyl (C=O) groups is 6. The van der Waals surface area contributed by atoms with Crippen LogP contribution in [0.5, 0.6) is 0 Å². The van der Waals surface area contributed by atoms with Gasteiger partial charge in [0.25, 0.3) is 4.51 Å². The Hall–Kier alpha value is -2.98. The first-order valence-corrected chi connectivity index (χ1v) is 12.4. The predicted molar refractivity (Wildman–Crippen MR) is 131 cm³/mol. The van der Waals surface area contributed by atoms with E-state index in [1.54, 1.807) is 20.8 Å². The Kier molecular flexibility index (Phi) is 12.1. The van der Waals surface area contributed by atoms with Gasteiger partial charge in [-0.1, -0.05) is 0 Å². The standard InChI is InChI=1S/C23H34BrNO14/c1-10(26)34-9-14(35-11(2)27)16(36-12(3)28)17-15(25-21(32)39-22(5,6)7)18(37-13(4)29)19(30)23(24,38-17)20(31)33-8/h14-19,30H,9H2,1-8H3,(H,25,32)/t14-,15+,16-,17?,18?,19+,23+/m1/s1. The molecule has 1 aliphatic rings. The Balaban J connectivity index is 3.82. The summed E-state index contributed by atoms with van der Waals surface area (Å²) in [4.78, 5) is 73.1. The molecule has 2 N–H and O–H groups in total. The van der Waals surface area contributed by atoms with E-state index in [9.17, 15) is 33.9 Å². The SMILES string of the molecule is COC(=O)[C@@]1(Br)OC([C@H](OC(C)=O)[C@@H](COC(C)=O)OC(C)=O)[C@H](NC(=O)OC(C)(C)C)C(OC(C)=O)[C@@H]1O. The van der Waals surface area contributed by atoms with Crippen molar-refractivity contribution >= 4 is 51.9 Å². The summed E-state index contributed by atoms with van der Waals surface area (Å²) < 4.78 is 34.2. The van der Waals surface area contributed by atoms with Gasteiger partial charge in [-0.2, -0.15) is 0 Å². The number of aliphatic hydroxyl groups excluding tert-OH is 1. The number of alkyl carbamates (subject to hydrolysis) is 1. The molecule has 1 rings (SSSR count). The first-order valence-electron chi connectivity index (χ1n) is 11.6. The van der Waals surface area contributed by atoms with Crippen molar-refractivity contribution in [2.24, 2.45) is 0 Å². The highest BCUT2D eigenvalue weighted by Crippen LogP contribution is 2.40. The van der Waals surface area contributed by atoms with Crippen molar-refractivity contribution in [2.45, 2.75) is 95.1 Å². The number of carbonyl (C=O) groups excluding carboxylic acids is 6. The van der Waals surface area contributed by atoms with Gasteiger partial charge in [0.2, 0.25) is 0 Å². The number of amides is 1. The first kappa shape index (κ1) is 34.0. The van der Waals surface area contributed by atoms with E-state index in [0.29, 0.717) is 0 Å². The largest absolute Gasteiger partial charge is 0.466 e. The van der Waals surface area contributed by atoms with Gasteiger partial charge in [-0.3, -0.25) is 19.2 Å². The lowest BCUT2D eigenvalue weighted by atomic mass is 9.87. The smallest absolute Gasteiger partial charge is 0.408 e. The highest BCUT2D eigenvalue weighted by Gasteiger charge is 2.63. The molecule has 2 unspecified atom stereocenters. The number of esters is 5. The number of aliphatic hydroxyl groups is 1. The number of rotatable bonds is 9. The maximum absolute atomic E-state index is 12.8. The number of alkyl halides is 1. The Morgan fingerprint density at radius 1 is 0.974 bits per heavy atom. The minimum absolute atomic E-state index is 0.653. The van der Waals surface area contributed by atoms with Crippen LogP contribution in [-0.2, 0) is 57.1 Å². The molecule has 39 heavy (non-hydrogen) atoms. The summed E-state index contributed by atoms with van der Waals surface area (Å²) in [6.45, 7) is 8.15. The topological polar surface area (TPSA) is 199 Å². The van der Waals surface area contributed by atoms with E-state index in [1.165, 1.54) is 0 Å². The molecule has 222 valence electrons. The highest BCUT2D eigenvalue weighted by atomic mass is 79.9. The van der Waals surface area contributed by atoms with E-state index < -0.39 is 89.2 Å². The summed E-state index contributed by atoms with van der Waals surface area (Å²) in [6, 6.07) is -1.60. The van der Waals surface area contributed by atoms with Crippen LogP contribution in [0.3, 0.4) is 0 Å². The average Bonchev–Trinajstić information content (AvgIpc) is 2.77. The van der Waals surface area contributed by atoms with E-state index in [1.807, 2.05) is 0 Å². The van der Waals surface area contributed by atoms with Gasteiger partial charge in [0.05, 0.1) is 7.11 Å². The van der Waals surface area contributed by atoms with E-state index in [-0.39, 0.29) is 0 Å². The van der Waals surface area contributed by atoms with Crippen LogP contribution in [-0.4, -0.2) is 101 Å². The Labute approximate surface area is 233 Å². The van der Waals surface area contributed by atoms with Crippen molar-refractivity contribution in [1.82, 2.24) is 5.32 Å². The second-order valence-electron chi connectivity index (χ2n) is 9.43. The molecule has 0 aromatic heterocycles. The van der Waals surface area contributed by atoms with Crippen molar-refractivity contribution in [2.75, 3.05) is 13.7 Å². The molecule has 0 aromatic carbocycles. The zero-order chi connectivity index (χ0) is 30.3. The van der Waals surface area contributed by atoms with E-state index >= 15 is 0 Å². The summed E-state index contributed by atoms with van der Waals surface area (Å²) in [6.07, 6.45) is -9.85. The summed E-state index contributed by atoms with van der Waals surface area (Å²) in [5.41, 5.74) is -0.999. The van der Waals surface area contributed by atoms with Gasteiger partial charge in [-0.25, -0.2) is 9.59 Å². The van der Waals surface area contributed by atoms with Gasteiger partial charge in [-0.05, 0) is 36.7 Å². The molecular formula is C23H34BrNO14. The lowest BCUT2D eigenvalue weighted by Gasteiger charge is -2.49. The molecule has 0 bridgehead atoms. The number of nitrogens with one attached hydrogen (secondary N) is 1. The van der Waals surface area contributed by atoms with Crippen molar-refractivity contribution in [3.05, 3.63) is 0 Å². The first-order chi connectivity index (χ1) is 17.8. The maximum atomic E-state index is 12.8. The third kappa shape index (κ3) is 9.93. The molecule has 16 heteroatoms. The summed E-state index contributed by atoms with van der Waals surface area (Å²) in [7, 11) is 0.980. The van der Waals surface area contributed by atoms with Crippen molar-refractivity contribution < 1.29 is 67.0 Å². The van der Waals surface area contributed by atoms with Crippen LogP contribution in [0.25, 0.3) is 0 Å². The molecule has 0 radical (unpaired) electrons. The van der Waals surface area contributed by atoms with Gasteiger partial charge >= 0.3 is 35.9 Å². The summed E-state index contributed by atoms with van der Waals surface area (Å²) in [5, 5.41) is 13.5. The van der Waals surface area contributed by atoms with Gasteiger partial charge < -0.3 is 43.6 Å². The van der Waals surface area contributed by atoms with Crippen LogP contribution in [0.4, 0.5) is 4.79 Å². The van der Waals surface area contributed by atoms with Crippen LogP contribution in [0.1, 0.15) is 48.5 Å². The third-order valence-electron chi connectivity index (χ3n) is 4.92. The molecular weight excluding hydrogens is 594 g/mol. The summed E-state index contributed by atoms with van der Waals surface area (Å²) in [5.74, 6) is -4.73. The quantitative estimate of drug-likeness (QED) is 0.200. The number of ether oxygens (including phenoxy) is 7. The number of methoxy groups -OCH3 is 1. The molecule has 0 spiro atoms. The van der Waals surface area contributed by atoms with Crippen LogP contribution in [0.15, 0.2) is 0 Å². The molecule has 7 atom stereocenters. The number of hydrogen-bond donors (Lipinski definition) is 2.